The van der Waals surface area contributed by atoms with Gasteiger partial charge in [-0.25, -0.2) is 0 Å². The van der Waals surface area contributed by atoms with E-state index in [1.807, 2.05) is 0 Å². The third kappa shape index (κ3) is 3.02. The maximum absolute atomic E-state index is 11.2. The van der Waals surface area contributed by atoms with Crippen molar-refractivity contribution in [3.8, 4) is 0 Å². The fourth-order valence-electron chi connectivity index (χ4n) is 3.26. The van der Waals surface area contributed by atoms with E-state index in [1.54, 1.807) is 6.08 Å². The average Bonchev–Trinajstić information content (AvgIpc) is 2.37. The van der Waals surface area contributed by atoms with Gasteiger partial charge in [-0.15, -0.1) is 0 Å². The first-order valence-electron chi connectivity index (χ1n) is 6.74. The summed E-state index contributed by atoms with van der Waals surface area (Å²) in [7, 11) is 0. The first-order chi connectivity index (χ1) is 9.81. The lowest BCUT2D eigenvalue weighted by molar-refractivity contribution is -0.549. The summed E-state index contributed by atoms with van der Waals surface area (Å²) in [6.45, 7) is 1.25. The summed E-state index contributed by atoms with van der Waals surface area (Å²) >= 11 is 0. The summed E-state index contributed by atoms with van der Waals surface area (Å²) in [6, 6.07) is -2.88. The molecule has 5 atom stereocenters. The van der Waals surface area contributed by atoms with Gasteiger partial charge in [-0.1, -0.05) is 11.6 Å². The molecule has 9 nitrogen and oxygen atoms in total. The molecule has 0 spiro atoms. The minimum atomic E-state index is -1.33. The smallest absolute Gasteiger partial charge is 0.247 e. The highest BCUT2D eigenvalue weighted by Crippen LogP contribution is 2.39. The van der Waals surface area contributed by atoms with Gasteiger partial charge in [0.1, 0.15) is 6.10 Å². The molecular weight excluding hydrogens is 282 g/mol. The molecule has 2 rings (SSSR count). The van der Waals surface area contributed by atoms with Crippen LogP contribution >= 0.6 is 0 Å². The van der Waals surface area contributed by atoms with Crippen molar-refractivity contribution in [2.45, 2.75) is 50.4 Å². The summed E-state index contributed by atoms with van der Waals surface area (Å²) in [5, 5.41) is 34.7. The van der Waals surface area contributed by atoms with Crippen LogP contribution in [0.3, 0.4) is 0 Å². The second kappa shape index (κ2) is 5.76. The van der Waals surface area contributed by atoms with E-state index in [1.165, 1.54) is 6.92 Å². The summed E-state index contributed by atoms with van der Waals surface area (Å²) in [5.41, 5.74) is 0.591. The van der Waals surface area contributed by atoms with E-state index >= 15 is 0 Å². The van der Waals surface area contributed by atoms with Gasteiger partial charge in [0.15, 0.2) is 0 Å². The number of rotatable bonds is 3. The number of amides is 1. The number of fused-ring (bicyclic) bond motifs is 1. The molecule has 21 heavy (non-hydrogen) atoms. The van der Waals surface area contributed by atoms with E-state index in [0.29, 0.717) is 12.0 Å². The number of hydrogen-bond donors (Lipinski definition) is 2. The minimum Gasteiger partial charge on any atom is -0.383 e. The lowest BCUT2D eigenvalue weighted by atomic mass is 9.71. The quantitative estimate of drug-likeness (QED) is 0.423. The van der Waals surface area contributed by atoms with Gasteiger partial charge in [-0.05, 0) is 6.42 Å². The molecule has 9 heteroatoms. The molecule has 2 N–H and O–H groups in total. The van der Waals surface area contributed by atoms with Crippen LogP contribution < -0.4 is 5.32 Å². The molecular formula is C12H17N3O6. The molecule has 0 aromatic heterocycles. The van der Waals surface area contributed by atoms with Gasteiger partial charge in [0, 0.05) is 29.6 Å². The van der Waals surface area contributed by atoms with Gasteiger partial charge in [0.05, 0.1) is 12.0 Å². The summed E-state index contributed by atoms with van der Waals surface area (Å²) in [6.07, 6.45) is 0.908. The highest BCUT2D eigenvalue weighted by Gasteiger charge is 2.50. The Balaban J connectivity index is 2.31. The van der Waals surface area contributed by atoms with Crippen LogP contribution in [0, 0.1) is 26.1 Å². The van der Waals surface area contributed by atoms with Crippen molar-refractivity contribution < 1.29 is 19.7 Å². The second-order valence-electron chi connectivity index (χ2n) is 5.56. The third-order valence-corrected chi connectivity index (χ3v) is 4.19. The molecule has 2 aliphatic carbocycles. The van der Waals surface area contributed by atoms with Crippen molar-refractivity contribution >= 4 is 5.91 Å². The SMILES string of the molecule is CC(=O)N[C@H]1C=C2C[C@H]([N+](=O)[O-])CCC2[C@H]([N+](=O)[O-])[C@H]1O. The van der Waals surface area contributed by atoms with Crippen LogP contribution in [0.15, 0.2) is 11.6 Å². The molecule has 1 amide bonds. The number of nitrogens with zero attached hydrogens (tertiary/aromatic N) is 2. The van der Waals surface area contributed by atoms with Crippen LogP contribution in [0.25, 0.3) is 0 Å². The van der Waals surface area contributed by atoms with Crippen LogP contribution in [0.2, 0.25) is 0 Å². The molecule has 2 aliphatic rings. The molecule has 0 aliphatic heterocycles. The number of nitro groups is 2. The molecule has 1 unspecified atom stereocenters. The minimum absolute atomic E-state index is 0.130. The van der Waals surface area contributed by atoms with Crippen LogP contribution in [-0.2, 0) is 4.79 Å². The molecule has 0 bridgehead atoms. The summed E-state index contributed by atoms with van der Waals surface area (Å²) in [5.74, 6) is -0.922. The Morgan fingerprint density at radius 2 is 2.00 bits per heavy atom. The Morgan fingerprint density at radius 3 is 2.52 bits per heavy atom. The van der Waals surface area contributed by atoms with Crippen molar-refractivity contribution in [1.29, 1.82) is 0 Å². The van der Waals surface area contributed by atoms with Gasteiger partial charge < -0.3 is 10.4 Å². The average molecular weight is 299 g/mol. The molecule has 0 radical (unpaired) electrons. The maximum atomic E-state index is 11.2. The number of hydrogen-bond acceptors (Lipinski definition) is 6. The Bertz CT molecular complexity index is 505. The second-order valence-corrected chi connectivity index (χ2v) is 5.56. The van der Waals surface area contributed by atoms with Gasteiger partial charge in [-0.3, -0.25) is 25.0 Å². The first kappa shape index (κ1) is 15.4. The van der Waals surface area contributed by atoms with Gasteiger partial charge >= 0.3 is 0 Å². The highest BCUT2D eigenvalue weighted by molar-refractivity contribution is 5.73. The number of carbonyl (C=O) groups is 1. The normalized spacial score (nSPS) is 35.3. The van der Waals surface area contributed by atoms with Crippen molar-refractivity contribution in [3.05, 3.63) is 31.9 Å². The standard InChI is InChI=1S/C12H17N3O6/c1-6(16)13-10-5-7-4-8(14(18)19)2-3-9(7)11(12(10)17)15(20)21/h5,8-12,17H,2-4H2,1H3,(H,13,16)/t8-,9?,10+,11+,12+/m1/s1. The van der Waals surface area contributed by atoms with Crippen LogP contribution in [-0.4, -0.2) is 45.1 Å². The number of aliphatic hydroxyl groups excluding tert-OH is 1. The lowest BCUT2D eigenvalue weighted by Gasteiger charge is -2.37. The molecule has 1 saturated carbocycles. The fourth-order valence-corrected chi connectivity index (χ4v) is 3.26. The third-order valence-electron chi connectivity index (χ3n) is 4.19. The van der Waals surface area contributed by atoms with Crippen LogP contribution in [0.1, 0.15) is 26.2 Å². The topological polar surface area (TPSA) is 136 Å². The predicted molar refractivity (Wildman–Crippen MR) is 70.6 cm³/mol. The number of aliphatic hydroxyl groups is 1. The number of carbonyl (C=O) groups excluding carboxylic acids is 1. The van der Waals surface area contributed by atoms with E-state index in [-0.39, 0.29) is 17.8 Å². The molecule has 0 aromatic rings. The Morgan fingerprint density at radius 1 is 1.33 bits per heavy atom. The zero-order chi connectivity index (χ0) is 15.7. The number of nitrogens with one attached hydrogen (secondary N) is 1. The van der Waals surface area contributed by atoms with Crippen molar-refractivity contribution in [3.63, 3.8) is 0 Å². The Kier molecular flexibility index (Phi) is 4.21. The van der Waals surface area contributed by atoms with E-state index in [9.17, 15) is 30.1 Å². The molecule has 1 fully saturated rings. The fraction of sp³-hybridized carbons (Fsp3) is 0.750. The predicted octanol–water partition coefficient (Wildman–Crippen LogP) is -0.117. The van der Waals surface area contributed by atoms with Crippen molar-refractivity contribution in [1.82, 2.24) is 5.32 Å². The van der Waals surface area contributed by atoms with Gasteiger partial charge in [0.2, 0.25) is 18.0 Å². The molecule has 0 aromatic carbocycles. The summed E-state index contributed by atoms with van der Waals surface area (Å²) in [4.78, 5) is 32.3. The van der Waals surface area contributed by atoms with E-state index < -0.39 is 41.0 Å². The van der Waals surface area contributed by atoms with E-state index in [0.717, 1.165) is 0 Å². The van der Waals surface area contributed by atoms with Crippen molar-refractivity contribution in [2.24, 2.45) is 5.92 Å². The zero-order valence-corrected chi connectivity index (χ0v) is 11.5. The molecule has 0 heterocycles. The molecule has 0 saturated heterocycles. The van der Waals surface area contributed by atoms with Gasteiger partial charge in [0.25, 0.3) is 0 Å². The molecule has 116 valence electrons. The maximum Gasteiger partial charge on any atom is 0.247 e. The first-order valence-corrected chi connectivity index (χ1v) is 6.74. The lowest BCUT2D eigenvalue weighted by Crippen LogP contribution is -2.56. The Labute approximate surface area is 120 Å². The van der Waals surface area contributed by atoms with Gasteiger partial charge in [-0.2, -0.15) is 0 Å². The zero-order valence-electron chi connectivity index (χ0n) is 11.5. The largest absolute Gasteiger partial charge is 0.383 e. The van der Waals surface area contributed by atoms with Crippen molar-refractivity contribution in [2.75, 3.05) is 0 Å². The highest BCUT2D eigenvalue weighted by atomic mass is 16.6. The van der Waals surface area contributed by atoms with Crippen LogP contribution in [0.4, 0.5) is 0 Å². The van der Waals surface area contributed by atoms with E-state index in [4.69, 9.17) is 0 Å². The van der Waals surface area contributed by atoms with E-state index in [2.05, 4.69) is 5.32 Å². The van der Waals surface area contributed by atoms with Crippen LogP contribution in [0.5, 0.6) is 0 Å². The Hall–Kier alpha value is -2.03. The monoisotopic (exact) mass is 299 g/mol. The summed E-state index contributed by atoms with van der Waals surface area (Å²) < 4.78 is 0.